The van der Waals surface area contributed by atoms with E-state index in [9.17, 15) is 0 Å². The lowest BCUT2D eigenvalue weighted by atomic mass is 10.0. The number of fused-ring (bicyclic) bond motifs is 1. The van der Waals surface area contributed by atoms with Crippen molar-refractivity contribution in [1.29, 1.82) is 0 Å². The summed E-state index contributed by atoms with van der Waals surface area (Å²) in [5, 5.41) is 1.87. The maximum Gasteiger partial charge on any atom is 0.137 e. The van der Waals surface area contributed by atoms with Crippen molar-refractivity contribution in [3.8, 4) is 22.3 Å². The summed E-state index contributed by atoms with van der Waals surface area (Å²) < 4.78 is 0. The van der Waals surface area contributed by atoms with Gasteiger partial charge in [0, 0.05) is 66.7 Å². The fourth-order valence-electron chi connectivity index (χ4n) is 4.10. The minimum Gasteiger partial charge on any atom is -0.346 e. The van der Waals surface area contributed by atoms with E-state index in [1.807, 2.05) is 36.7 Å². The fraction of sp³-hybridized carbons (Fsp3) is 0.240. The van der Waals surface area contributed by atoms with Gasteiger partial charge in [0.2, 0.25) is 0 Å². The number of likely N-dealkylation sites (N-methyl/N-ethyl adjacent to an activating group) is 1. The normalized spacial score (nSPS) is 15.7. The van der Waals surface area contributed by atoms with Crippen LogP contribution in [0.25, 0.3) is 33.3 Å². The van der Waals surface area contributed by atoms with Crippen LogP contribution in [0, 0.1) is 0 Å². The Balaban J connectivity index is 1.39. The van der Waals surface area contributed by atoms with Gasteiger partial charge in [-0.25, -0.2) is 4.98 Å². The molecular formula is C25H25ClN4. The molecular weight excluding hydrogens is 392 g/mol. The summed E-state index contributed by atoms with van der Waals surface area (Å²) in [5.41, 5.74) is 6.85. The maximum atomic E-state index is 6.05. The van der Waals surface area contributed by atoms with Crippen LogP contribution in [-0.4, -0.2) is 53.0 Å². The molecule has 30 heavy (non-hydrogen) atoms. The van der Waals surface area contributed by atoms with Gasteiger partial charge in [-0.15, -0.1) is 0 Å². The van der Waals surface area contributed by atoms with Crippen molar-refractivity contribution < 1.29 is 0 Å². The van der Waals surface area contributed by atoms with E-state index in [1.165, 1.54) is 11.1 Å². The van der Waals surface area contributed by atoms with Crippen LogP contribution < -0.4 is 0 Å². The second-order valence-corrected chi connectivity index (χ2v) is 8.54. The molecule has 0 radical (unpaired) electrons. The highest BCUT2D eigenvalue weighted by atomic mass is 35.5. The molecule has 0 bridgehead atoms. The first-order valence-electron chi connectivity index (χ1n) is 10.4. The quantitative estimate of drug-likeness (QED) is 0.490. The number of nitrogens with one attached hydrogen (secondary N) is 1. The monoisotopic (exact) mass is 416 g/mol. The largest absolute Gasteiger partial charge is 0.346 e. The van der Waals surface area contributed by atoms with Gasteiger partial charge in [0.15, 0.2) is 0 Å². The number of halogens is 1. The summed E-state index contributed by atoms with van der Waals surface area (Å²) in [4.78, 5) is 12.9. The van der Waals surface area contributed by atoms with Gasteiger partial charge >= 0.3 is 0 Å². The molecule has 0 atom stereocenters. The van der Waals surface area contributed by atoms with E-state index in [-0.39, 0.29) is 0 Å². The Morgan fingerprint density at radius 2 is 1.60 bits per heavy atom. The number of hydrogen-bond acceptors (Lipinski definition) is 3. The molecule has 1 aliphatic heterocycles. The van der Waals surface area contributed by atoms with Crippen LogP contribution in [0.15, 0.2) is 67.0 Å². The van der Waals surface area contributed by atoms with Crippen LogP contribution in [-0.2, 0) is 6.54 Å². The molecule has 0 unspecified atom stereocenters. The summed E-state index contributed by atoms with van der Waals surface area (Å²) >= 11 is 6.05. The van der Waals surface area contributed by atoms with E-state index in [4.69, 9.17) is 11.6 Å². The number of aromatic nitrogens is 2. The number of rotatable bonds is 4. The summed E-state index contributed by atoms with van der Waals surface area (Å²) in [5.74, 6) is 0. The van der Waals surface area contributed by atoms with Crippen molar-refractivity contribution >= 4 is 22.6 Å². The Morgan fingerprint density at radius 1 is 0.900 bits per heavy atom. The van der Waals surface area contributed by atoms with Crippen LogP contribution >= 0.6 is 11.6 Å². The molecule has 2 aromatic carbocycles. The Morgan fingerprint density at radius 3 is 2.33 bits per heavy atom. The molecule has 2 aromatic heterocycles. The van der Waals surface area contributed by atoms with Crippen molar-refractivity contribution in [2.75, 3.05) is 33.2 Å². The second-order valence-electron chi connectivity index (χ2n) is 8.11. The lowest BCUT2D eigenvalue weighted by molar-refractivity contribution is 0.148. The third-order valence-corrected chi connectivity index (χ3v) is 6.23. The number of benzene rings is 2. The van der Waals surface area contributed by atoms with Crippen LogP contribution in [0.2, 0.25) is 5.02 Å². The first-order chi connectivity index (χ1) is 14.7. The summed E-state index contributed by atoms with van der Waals surface area (Å²) in [6.07, 6.45) is 3.96. The molecule has 1 saturated heterocycles. The molecule has 152 valence electrons. The van der Waals surface area contributed by atoms with E-state index < -0.39 is 0 Å². The third-order valence-electron chi connectivity index (χ3n) is 5.98. The molecule has 1 fully saturated rings. The predicted molar refractivity (Wildman–Crippen MR) is 125 cm³/mol. The topological polar surface area (TPSA) is 35.2 Å². The summed E-state index contributed by atoms with van der Waals surface area (Å²) in [6.45, 7) is 5.59. The Bertz CT molecular complexity index is 1140. The first-order valence-corrected chi connectivity index (χ1v) is 10.8. The van der Waals surface area contributed by atoms with Gasteiger partial charge in [-0.05, 0) is 41.9 Å². The SMILES string of the molecule is CN1CCN(Cc2ccc(-c3cnc4[nH]cc(-c5ccc(Cl)cc5)c4c3)cc2)CC1. The zero-order valence-corrected chi connectivity index (χ0v) is 17.9. The van der Waals surface area contributed by atoms with Crippen molar-refractivity contribution in [1.82, 2.24) is 19.8 Å². The van der Waals surface area contributed by atoms with Crippen molar-refractivity contribution in [2.45, 2.75) is 6.54 Å². The average Bonchev–Trinajstić information content (AvgIpc) is 3.20. The number of aromatic amines is 1. The highest BCUT2D eigenvalue weighted by Crippen LogP contribution is 2.31. The van der Waals surface area contributed by atoms with Gasteiger partial charge < -0.3 is 9.88 Å². The standard InChI is InChI=1S/C25H25ClN4/c1-29-10-12-30(13-11-29)17-18-2-4-19(5-3-18)21-14-23-24(16-28-25(23)27-15-21)20-6-8-22(26)9-7-20/h2-9,14-16H,10-13,17H2,1H3,(H,27,28). The van der Waals surface area contributed by atoms with Crippen LogP contribution in [0.4, 0.5) is 0 Å². The molecule has 5 heteroatoms. The highest BCUT2D eigenvalue weighted by molar-refractivity contribution is 6.30. The van der Waals surface area contributed by atoms with Gasteiger partial charge in [-0.2, -0.15) is 0 Å². The summed E-state index contributed by atoms with van der Waals surface area (Å²) in [6, 6.07) is 19.1. The second kappa shape index (κ2) is 8.23. The van der Waals surface area contributed by atoms with Gasteiger partial charge in [-0.3, -0.25) is 4.90 Å². The van der Waals surface area contributed by atoms with Gasteiger partial charge in [0.05, 0.1) is 0 Å². The molecule has 4 aromatic rings. The van der Waals surface area contributed by atoms with Crippen LogP contribution in [0.3, 0.4) is 0 Å². The van der Waals surface area contributed by atoms with Crippen molar-refractivity contribution in [3.63, 3.8) is 0 Å². The van der Waals surface area contributed by atoms with E-state index in [1.54, 1.807) is 0 Å². The van der Waals surface area contributed by atoms with Crippen LogP contribution in [0.1, 0.15) is 5.56 Å². The molecule has 0 spiro atoms. The minimum absolute atomic E-state index is 0.745. The van der Waals surface area contributed by atoms with E-state index >= 15 is 0 Å². The minimum atomic E-state index is 0.745. The first kappa shape index (κ1) is 19.3. The Hall–Kier alpha value is -2.66. The molecule has 5 rings (SSSR count). The number of piperazine rings is 1. The number of nitrogens with zero attached hydrogens (tertiary/aromatic N) is 3. The molecule has 0 saturated carbocycles. The van der Waals surface area contributed by atoms with Crippen molar-refractivity contribution in [3.05, 3.63) is 77.6 Å². The lowest BCUT2D eigenvalue weighted by Gasteiger charge is -2.32. The van der Waals surface area contributed by atoms with Crippen LogP contribution in [0.5, 0.6) is 0 Å². The molecule has 0 amide bonds. The fourth-order valence-corrected chi connectivity index (χ4v) is 4.22. The highest BCUT2D eigenvalue weighted by Gasteiger charge is 2.14. The lowest BCUT2D eigenvalue weighted by Crippen LogP contribution is -2.43. The van der Waals surface area contributed by atoms with E-state index in [0.717, 1.165) is 65.5 Å². The number of H-pyrrole nitrogens is 1. The van der Waals surface area contributed by atoms with Gasteiger partial charge in [-0.1, -0.05) is 48.0 Å². The Labute approximate surface area is 182 Å². The average molecular weight is 417 g/mol. The summed E-state index contributed by atoms with van der Waals surface area (Å²) in [7, 11) is 2.19. The van der Waals surface area contributed by atoms with Gasteiger partial charge in [0.25, 0.3) is 0 Å². The van der Waals surface area contributed by atoms with Gasteiger partial charge in [0.1, 0.15) is 5.65 Å². The molecule has 0 aliphatic carbocycles. The van der Waals surface area contributed by atoms with E-state index in [0.29, 0.717) is 0 Å². The number of pyridine rings is 1. The Kier molecular flexibility index (Phi) is 5.30. The van der Waals surface area contributed by atoms with Crippen molar-refractivity contribution in [2.24, 2.45) is 0 Å². The van der Waals surface area contributed by atoms with E-state index in [2.05, 4.69) is 57.1 Å². The predicted octanol–water partition coefficient (Wildman–Crippen LogP) is 5.30. The maximum absolute atomic E-state index is 6.05. The number of hydrogen-bond donors (Lipinski definition) is 1. The third kappa shape index (κ3) is 3.99. The zero-order chi connectivity index (χ0) is 20.5. The smallest absolute Gasteiger partial charge is 0.137 e. The zero-order valence-electron chi connectivity index (χ0n) is 17.1. The molecule has 3 heterocycles. The molecule has 1 N–H and O–H groups in total. The molecule has 4 nitrogen and oxygen atoms in total. The molecule has 1 aliphatic rings.